The number of rotatable bonds is 8. The van der Waals surface area contributed by atoms with Gasteiger partial charge in [0.05, 0.1) is 11.5 Å². The third-order valence-corrected chi connectivity index (χ3v) is 3.95. The van der Waals surface area contributed by atoms with Crippen LogP contribution in [0.15, 0.2) is 0 Å². The summed E-state index contributed by atoms with van der Waals surface area (Å²) in [5.41, 5.74) is 0. The topological polar surface area (TPSA) is 72.9 Å². The second-order valence-corrected chi connectivity index (χ2v) is 5.72. The van der Waals surface area contributed by atoms with Gasteiger partial charge in [-0.1, -0.05) is 0 Å². The van der Waals surface area contributed by atoms with E-state index in [1.165, 1.54) is 0 Å². The minimum Gasteiger partial charge on any atom is -0.481 e. The molecule has 1 saturated heterocycles. The van der Waals surface area contributed by atoms with E-state index in [1.54, 1.807) is 0 Å². The molecule has 0 aromatic rings. The first-order valence-corrected chi connectivity index (χ1v) is 7.70. The van der Waals surface area contributed by atoms with Crippen molar-refractivity contribution in [2.75, 3.05) is 57.8 Å². The molecule has 1 fully saturated rings. The van der Waals surface area contributed by atoms with Crippen molar-refractivity contribution in [3.05, 3.63) is 0 Å². The fourth-order valence-electron chi connectivity index (χ4n) is 1.88. The zero-order valence-electron chi connectivity index (χ0n) is 11.4. The number of piperazine rings is 1. The lowest BCUT2D eigenvalue weighted by Gasteiger charge is -2.32. The zero-order chi connectivity index (χ0) is 14.1. The molecule has 7 heteroatoms. The standard InChI is InChI=1S/C12H23N3O3S/c1-14-5-7-15(8-6-14)4-2-3-13-11(16)9-19-10-12(17)18/h2-10H2,1H3,(H,13,16)(H,17,18). The van der Waals surface area contributed by atoms with E-state index in [9.17, 15) is 9.59 Å². The van der Waals surface area contributed by atoms with Gasteiger partial charge in [0.2, 0.25) is 5.91 Å². The molecule has 1 aliphatic heterocycles. The zero-order valence-corrected chi connectivity index (χ0v) is 12.2. The van der Waals surface area contributed by atoms with Crippen LogP contribution in [0.3, 0.4) is 0 Å². The van der Waals surface area contributed by atoms with E-state index in [-0.39, 0.29) is 17.4 Å². The van der Waals surface area contributed by atoms with Crippen LogP contribution in [0.5, 0.6) is 0 Å². The third-order valence-electron chi connectivity index (χ3n) is 3.03. The summed E-state index contributed by atoms with van der Waals surface area (Å²) in [6.45, 7) is 6.09. The molecule has 0 atom stereocenters. The Bertz CT molecular complexity index is 294. The first kappa shape index (κ1) is 16.3. The summed E-state index contributed by atoms with van der Waals surface area (Å²) in [6, 6.07) is 0. The van der Waals surface area contributed by atoms with Gasteiger partial charge in [-0.05, 0) is 20.0 Å². The Hall–Kier alpha value is -0.790. The molecule has 1 heterocycles. The smallest absolute Gasteiger partial charge is 0.313 e. The predicted octanol–water partition coefficient (Wildman–Crippen LogP) is -0.442. The highest BCUT2D eigenvalue weighted by atomic mass is 32.2. The molecule has 0 aromatic carbocycles. The monoisotopic (exact) mass is 289 g/mol. The summed E-state index contributed by atoms with van der Waals surface area (Å²) in [6.07, 6.45) is 0.944. The van der Waals surface area contributed by atoms with Crippen LogP contribution in [0.1, 0.15) is 6.42 Å². The van der Waals surface area contributed by atoms with Gasteiger partial charge in [0, 0.05) is 32.7 Å². The van der Waals surface area contributed by atoms with Crippen LogP contribution in [0.2, 0.25) is 0 Å². The summed E-state index contributed by atoms with van der Waals surface area (Å²) in [7, 11) is 2.13. The van der Waals surface area contributed by atoms with Crippen molar-refractivity contribution in [1.29, 1.82) is 0 Å². The summed E-state index contributed by atoms with van der Waals surface area (Å²) in [5.74, 6) is -0.757. The van der Waals surface area contributed by atoms with Crippen molar-refractivity contribution < 1.29 is 14.7 Å². The minimum atomic E-state index is -0.882. The average molecular weight is 289 g/mol. The van der Waals surface area contributed by atoms with Gasteiger partial charge in [-0.25, -0.2) is 0 Å². The molecule has 0 radical (unpaired) electrons. The van der Waals surface area contributed by atoms with Crippen molar-refractivity contribution in [2.24, 2.45) is 0 Å². The Morgan fingerprint density at radius 1 is 1.21 bits per heavy atom. The summed E-state index contributed by atoms with van der Waals surface area (Å²) < 4.78 is 0. The SMILES string of the molecule is CN1CCN(CCCNC(=O)CSCC(=O)O)CC1. The molecule has 1 amide bonds. The maximum atomic E-state index is 11.4. The predicted molar refractivity (Wildman–Crippen MR) is 76.5 cm³/mol. The number of carbonyl (C=O) groups excluding carboxylic acids is 1. The lowest BCUT2D eigenvalue weighted by Crippen LogP contribution is -2.45. The van der Waals surface area contributed by atoms with Crippen molar-refractivity contribution in [3.63, 3.8) is 0 Å². The maximum Gasteiger partial charge on any atom is 0.313 e. The fraction of sp³-hybridized carbons (Fsp3) is 0.833. The summed E-state index contributed by atoms with van der Waals surface area (Å²) in [5, 5.41) is 11.3. The van der Waals surface area contributed by atoms with Crippen molar-refractivity contribution in [3.8, 4) is 0 Å². The van der Waals surface area contributed by atoms with Gasteiger partial charge >= 0.3 is 5.97 Å². The summed E-state index contributed by atoms with van der Waals surface area (Å²) >= 11 is 1.13. The number of nitrogens with one attached hydrogen (secondary N) is 1. The number of carbonyl (C=O) groups is 2. The Balaban J connectivity index is 1.95. The van der Waals surface area contributed by atoms with E-state index >= 15 is 0 Å². The molecule has 6 nitrogen and oxygen atoms in total. The largest absolute Gasteiger partial charge is 0.481 e. The normalized spacial score (nSPS) is 17.3. The van der Waals surface area contributed by atoms with Crippen LogP contribution in [-0.4, -0.2) is 84.6 Å². The molecule has 0 bridgehead atoms. The number of nitrogens with zero attached hydrogens (tertiary/aromatic N) is 2. The number of carboxylic acid groups (broad SMARTS) is 1. The van der Waals surface area contributed by atoms with Crippen LogP contribution in [0.25, 0.3) is 0 Å². The first-order valence-electron chi connectivity index (χ1n) is 6.55. The Morgan fingerprint density at radius 3 is 2.53 bits per heavy atom. The highest BCUT2D eigenvalue weighted by Crippen LogP contribution is 2.00. The molecule has 19 heavy (non-hydrogen) atoms. The van der Waals surface area contributed by atoms with Crippen LogP contribution < -0.4 is 5.32 Å². The van der Waals surface area contributed by atoms with Gasteiger partial charge in [0.25, 0.3) is 0 Å². The second kappa shape index (κ2) is 9.17. The summed E-state index contributed by atoms with van der Waals surface area (Å²) in [4.78, 5) is 26.4. The highest BCUT2D eigenvalue weighted by molar-refractivity contribution is 8.00. The van der Waals surface area contributed by atoms with Gasteiger partial charge in [-0.3, -0.25) is 9.59 Å². The molecule has 0 saturated carbocycles. The van der Waals surface area contributed by atoms with E-state index in [0.29, 0.717) is 6.54 Å². The quantitative estimate of drug-likeness (QED) is 0.590. The number of carboxylic acids is 1. The molecule has 0 aromatic heterocycles. The number of amides is 1. The van der Waals surface area contributed by atoms with E-state index in [1.807, 2.05) is 0 Å². The number of thioether (sulfide) groups is 1. The number of aliphatic carboxylic acids is 1. The van der Waals surface area contributed by atoms with Gasteiger partial charge in [0.15, 0.2) is 0 Å². The highest BCUT2D eigenvalue weighted by Gasteiger charge is 2.12. The minimum absolute atomic E-state index is 0.0191. The molecular weight excluding hydrogens is 266 g/mol. The Labute approximate surface area is 118 Å². The molecule has 1 aliphatic rings. The average Bonchev–Trinajstić information content (AvgIpc) is 2.36. The van der Waals surface area contributed by atoms with Gasteiger partial charge in [-0.2, -0.15) is 0 Å². The van der Waals surface area contributed by atoms with Crippen molar-refractivity contribution in [1.82, 2.24) is 15.1 Å². The van der Waals surface area contributed by atoms with Gasteiger partial charge in [-0.15, -0.1) is 11.8 Å². The second-order valence-electron chi connectivity index (χ2n) is 4.73. The fourth-order valence-corrected chi connectivity index (χ4v) is 2.45. The number of likely N-dealkylation sites (N-methyl/N-ethyl adjacent to an activating group) is 1. The van der Waals surface area contributed by atoms with E-state index in [0.717, 1.165) is 50.9 Å². The molecule has 0 spiro atoms. The van der Waals surface area contributed by atoms with Crippen LogP contribution in [0.4, 0.5) is 0 Å². The van der Waals surface area contributed by atoms with E-state index in [2.05, 4.69) is 22.2 Å². The van der Waals surface area contributed by atoms with E-state index < -0.39 is 5.97 Å². The third kappa shape index (κ3) is 8.07. The molecule has 0 unspecified atom stereocenters. The van der Waals surface area contributed by atoms with Crippen LogP contribution in [0, 0.1) is 0 Å². The Kier molecular flexibility index (Phi) is 7.85. The van der Waals surface area contributed by atoms with Gasteiger partial charge < -0.3 is 20.2 Å². The van der Waals surface area contributed by atoms with Crippen LogP contribution >= 0.6 is 11.8 Å². The number of hydrogen-bond acceptors (Lipinski definition) is 5. The Morgan fingerprint density at radius 2 is 1.89 bits per heavy atom. The van der Waals surface area contributed by atoms with Gasteiger partial charge in [0.1, 0.15) is 0 Å². The van der Waals surface area contributed by atoms with E-state index in [4.69, 9.17) is 5.11 Å². The molecule has 0 aliphatic carbocycles. The molecule has 1 rings (SSSR count). The molecule has 2 N–H and O–H groups in total. The van der Waals surface area contributed by atoms with Crippen molar-refractivity contribution in [2.45, 2.75) is 6.42 Å². The lowest BCUT2D eigenvalue weighted by atomic mass is 10.3. The lowest BCUT2D eigenvalue weighted by molar-refractivity contribution is -0.133. The first-order chi connectivity index (χ1) is 9.08. The molecular formula is C12H23N3O3S. The van der Waals surface area contributed by atoms with Crippen molar-refractivity contribution >= 4 is 23.6 Å². The maximum absolute atomic E-state index is 11.4. The number of hydrogen-bond donors (Lipinski definition) is 2. The van der Waals surface area contributed by atoms with Crippen LogP contribution in [-0.2, 0) is 9.59 Å². The molecule has 110 valence electrons.